The Morgan fingerprint density at radius 3 is 1.20 bits per heavy atom. The Labute approximate surface area is 452 Å². The van der Waals surface area contributed by atoms with Crippen LogP contribution in [0.25, 0.3) is 0 Å². The van der Waals surface area contributed by atoms with Crippen molar-refractivity contribution in [3.8, 4) is 0 Å². The molecule has 0 amide bonds. The number of halogens is 3. The number of carbonyl (C=O) groups is 5. The Balaban J connectivity index is 0. The molecule has 0 aromatic rings. The van der Waals surface area contributed by atoms with E-state index in [4.69, 9.17) is 71.4 Å². The molecule has 15 atom stereocenters. The second-order valence-electron chi connectivity index (χ2n) is 15.9. The molecule has 3 heterocycles. The second-order valence-corrected chi connectivity index (χ2v) is 15.9. The lowest BCUT2D eigenvalue weighted by Gasteiger charge is -2.43. The van der Waals surface area contributed by atoms with Gasteiger partial charge in [0.25, 0.3) is 0 Å². The van der Waals surface area contributed by atoms with Crippen molar-refractivity contribution < 1.29 is 111 Å². The van der Waals surface area contributed by atoms with Gasteiger partial charge in [0.1, 0.15) is 37.6 Å². The first kappa shape index (κ1) is 71.1. The zero-order valence-electron chi connectivity index (χ0n) is 42.1. The molecule has 0 aromatic carbocycles. The van der Waals surface area contributed by atoms with Gasteiger partial charge in [-0.15, -0.1) is 24.0 Å². The fraction of sp³-hybridized carbons (Fsp3) is 0.886. The molecule has 0 bridgehead atoms. The number of carbonyl (C=O) groups excluding carboxylic acids is 5. The average Bonchev–Trinajstić information content (AvgIpc) is 3.30. The predicted molar refractivity (Wildman–Crippen MR) is 274 cm³/mol. The van der Waals surface area contributed by atoms with E-state index >= 15 is 0 Å². The van der Waals surface area contributed by atoms with Crippen LogP contribution in [0.15, 0.2) is 0 Å². The largest absolute Gasteiger partial charge is 0.463 e. The van der Waals surface area contributed by atoms with Gasteiger partial charge in [-0.3, -0.25) is 24.0 Å². The van der Waals surface area contributed by atoms with E-state index in [0.717, 1.165) is 0 Å². The lowest BCUT2D eigenvalue weighted by molar-refractivity contribution is -0.302. The van der Waals surface area contributed by atoms with Crippen LogP contribution in [0.5, 0.6) is 0 Å². The van der Waals surface area contributed by atoms with Gasteiger partial charge >= 0.3 is 29.8 Å². The fourth-order valence-corrected chi connectivity index (χ4v) is 6.78. The van der Waals surface area contributed by atoms with Crippen LogP contribution in [-0.2, 0) is 90.3 Å². The molecule has 3 saturated heterocycles. The van der Waals surface area contributed by atoms with Crippen molar-refractivity contribution in [2.45, 2.75) is 144 Å². The molecule has 23 nitrogen and oxygen atoms in total. The number of aliphatic hydroxyl groups is 4. The first-order valence-electron chi connectivity index (χ1n) is 22.8. The number of ether oxygens (including phenoxy) is 14. The molecule has 3 aliphatic heterocycles. The minimum absolute atomic E-state index is 0. The molecule has 0 aromatic heterocycles. The average molecular weight is 1360 g/mol. The maximum absolute atomic E-state index is 11.4. The van der Waals surface area contributed by atoms with Gasteiger partial charge in [-0.1, -0.05) is 27.7 Å². The highest BCUT2D eigenvalue weighted by molar-refractivity contribution is 15.0. The van der Waals surface area contributed by atoms with Crippen LogP contribution < -0.4 is 0 Å². The third kappa shape index (κ3) is 28.6. The number of aliphatic hydroxyl groups excluding tert-OH is 4. The second kappa shape index (κ2) is 41.3. The smallest absolute Gasteiger partial charge is 0.305 e. The number of rotatable bonds is 24. The molecule has 70 heavy (non-hydrogen) atoms. The zero-order valence-corrected chi connectivity index (χ0v) is 48.7. The normalized spacial score (nSPS) is 30.2. The summed E-state index contributed by atoms with van der Waals surface area (Å²) in [6, 6.07) is 0. The summed E-state index contributed by atoms with van der Waals surface area (Å²) in [6.45, 7) is 22.1. The molecule has 0 spiro atoms. The van der Waals surface area contributed by atoms with Gasteiger partial charge in [0.05, 0.1) is 71.7 Å². The number of esters is 5. The summed E-state index contributed by atoms with van der Waals surface area (Å²) in [5, 5.41) is 37.8. The van der Waals surface area contributed by atoms with Gasteiger partial charge in [0.15, 0.2) is 24.8 Å². The van der Waals surface area contributed by atoms with Gasteiger partial charge in [-0.05, 0) is 25.7 Å². The first-order chi connectivity index (χ1) is 32.7. The Bertz CT molecular complexity index is 1420. The van der Waals surface area contributed by atoms with E-state index < -0.39 is 92.1 Å². The third-order valence-corrected chi connectivity index (χ3v) is 10.8. The summed E-state index contributed by atoms with van der Waals surface area (Å²) in [6.07, 6.45) is -9.96. The van der Waals surface area contributed by atoms with Crippen molar-refractivity contribution in [2.24, 2.45) is 23.7 Å². The van der Waals surface area contributed by atoms with Crippen molar-refractivity contribution in [3.63, 3.8) is 0 Å². The molecule has 0 radical (unpaired) electrons. The molecule has 414 valence electrons. The summed E-state index contributed by atoms with van der Waals surface area (Å²) >= 11 is 4.24. The quantitative estimate of drug-likeness (QED) is 0.0468. The Hall–Kier alpha value is -0.980. The van der Waals surface area contributed by atoms with Crippen molar-refractivity contribution in [1.29, 1.82) is 0 Å². The van der Waals surface area contributed by atoms with Gasteiger partial charge in [0, 0.05) is 96.9 Å². The molecule has 0 saturated carbocycles. The van der Waals surface area contributed by atoms with Crippen LogP contribution >= 0.6 is 61.2 Å². The maximum atomic E-state index is 11.4. The molecule has 6 unspecified atom stereocenters. The van der Waals surface area contributed by atoms with Crippen molar-refractivity contribution in [2.75, 3.05) is 85.9 Å². The lowest BCUT2D eigenvalue weighted by Crippen LogP contribution is -2.59. The molecule has 3 rings (SSSR count). The van der Waals surface area contributed by atoms with Crippen LogP contribution in [0.1, 0.15) is 76.2 Å². The van der Waals surface area contributed by atoms with E-state index in [9.17, 15) is 39.3 Å². The number of hydrogen-bond acceptors (Lipinski definition) is 23. The van der Waals surface area contributed by atoms with Gasteiger partial charge in [-0.25, -0.2) is 0 Å². The fourth-order valence-electron chi connectivity index (χ4n) is 6.78. The van der Waals surface area contributed by atoms with Crippen molar-refractivity contribution >= 4 is 91.1 Å². The van der Waals surface area contributed by atoms with E-state index in [0.29, 0.717) is 46.2 Å². The van der Waals surface area contributed by atoms with E-state index in [2.05, 4.69) is 37.2 Å². The summed E-state index contributed by atoms with van der Waals surface area (Å²) in [7, 11) is 0. The minimum Gasteiger partial charge on any atom is -0.463 e. The highest BCUT2D eigenvalue weighted by Gasteiger charge is 2.47. The summed E-state index contributed by atoms with van der Waals surface area (Å²) in [4.78, 5) is 55.8. The zero-order chi connectivity index (χ0) is 52.6. The molecule has 4 N–H and O–H groups in total. The van der Waals surface area contributed by atoms with E-state index in [-0.39, 0.29) is 92.8 Å². The van der Waals surface area contributed by atoms with Gasteiger partial charge in [0.2, 0.25) is 6.29 Å². The summed E-state index contributed by atoms with van der Waals surface area (Å²) in [5.74, 6) is -2.33. The highest BCUT2D eigenvalue weighted by Crippen LogP contribution is 2.35. The SMILES string of the molecule is CC(=O)OCC1O[C@@H](OC(C)=O)C(OC(C)=O)[C@@H](C)[C@@H]1C.CCOCCOCCO[C@H]1OC(CO)[C@@H](O)[C@H](O)C1O.CCOCCOCCO[C@H]1OC(COC(C)=O)[C@@H](C)[C@H](C)C1OC(C)=O.I.II. The van der Waals surface area contributed by atoms with E-state index in [1.807, 2.05) is 41.5 Å². The van der Waals surface area contributed by atoms with Crippen LogP contribution in [0.4, 0.5) is 0 Å². The number of hydrogen-bond donors (Lipinski definition) is 4. The lowest BCUT2D eigenvalue weighted by atomic mass is 9.83. The Kier molecular flexibility index (Phi) is 41.9. The predicted octanol–water partition coefficient (Wildman–Crippen LogP) is 2.83. The summed E-state index contributed by atoms with van der Waals surface area (Å²) < 4.78 is 74.4. The minimum atomic E-state index is -1.43. The van der Waals surface area contributed by atoms with Crippen LogP contribution in [0.3, 0.4) is 0 Å². The summed E-state index contributed by atoms with van der Waals surface area (Å²) in [5.41, 5.74) is 0. The van der Waals surface area contributed by atoms with Crippen molar-refractivity contribution in [1.82, 2.24) is 0 Å². The molecule has 0 aliphatic carbocycles. The van der Waals surface area contributed by atoms with E-state index in [1.165, 1.54) is 34.6 Å². The van der Waals surface area contributed by atoms with Crippen LogP contribution in [0, 0.1) is 23.7 Å². The Morgan fingerprint density at radius 1 is 0.457 bits per heavy atom. The molecule has 3 fully saturated rings. The van der Waals surface area contributed by atoms with Gasteiger partial charge in [-0.2, -0.15) is 0 Å². The molecule has 3 aliphatic rings. The Morgan fingerprint density at radius 2 is 0.814 bits per heavy atom. The first-order valence-corrected chi connectivity index (χ1v) is 29.1. The highest BCUT2D eigenvalue weighted by atomic mass is 128. The van der Waals surface area contributed by atoms with Crippen LogP contribution in [0.2, 0.25) is 0 Å². The molecule has 26 heteroatoms. The topological polar surface area (TPSA) is 295 Å². The molecular formula is C44H79I3O23. The van der Waals surface area contributed by atoms with Crippen LogP contribution in [-0.4, -0.2) is 204 Å². The van der Waals surface area contributed by atoms with Crippen molar-refractivity contribution in [3.05, 3.63) is 0 Å². The van der Waals surface area contributed by atoms with E-state index in [1.54, 1.807) is 0 Å². The maximum Gasteiger partial charge on any atom is 0.305 e. The van der Waals surface area contributed by atoms with Gasteiger partial charge < -0.3 is 86.7 Å². The molecular weight excluding hydrogens is 1280 g/mol. The third-order valence-electron chi connectivity index (χ3n) is 10.8. The monoisotopic (exact) mass is 1360 g/mol. The standard InChI is InChI=1S/C18H32O8.C14H22O7.C12H24O8.I2.HI/c1-6-21-7-8-22-9-10-23-18-17(25-15(5)20)13(3)12(2)16(26-18)11-24-14(4)19;1-7-8(2)13(19-10(4)16)14(20-11(5)17)21-12(7)6-18-9(3)15;1-2-17-3-4-18-5-6-19-12-11(16)10(15)9(14)8(7-13)20-12;1-2;/h12-13,16-18H,6-11H2,1-5H3;7-8,12-14H,6H2,1-5H3;8-16H,2-7H2,1H3;;1H/t12-,13-,16?,17?,18-;7-,8-,12?,13?,14+;8?,9-,10+,11?,12+;;/m001../s1.